The Morgan fingerprint density at radius 1 is 1.25 bits per heavy atom. The van der Waals surface area contributed by atoms with E-state index in [4.69, 9.17) is 9.47 Å². The molecule has 5 atom stereocenters. The molecule has 0 saturated carbocycles. The first-order valence-electron chi connectivity index (χ1n) is 9.25. The summed E-state index contributed by atoms with van der Waals surface area (Å²) < 4.78 is 11.9. The van der Waals surface area contributed by atoms with Crippen molar-refractivity contribution in [3.63, 3.8) is 0 Å². The summed E-state index contributed by atoms with van der Waals surface area (Å²) in [4.78, 5) is 0. The Morgan fingerprint density at radius 2 is 2.00 bits per heavy atom. The quantitative estimate of drug-likeness (QED) is 0.525. The van der Waals surface area contributed by atoms with E-state index in [0.717, 1.165) is 37.7 Å². The van der Waals surface area contributed by atoms with Crippen LogP contribution in [-0.2, 0) is 9.47 Å². The summed E-state index contributed by atoms with van der Waals surface area (Å²) in [6.45, 7) is 10.7. The first-order valence-corrected chi connectivity index (χ1v) is 9.25. The molecule has 4 heteroatoms. The van der Waals surface area contributed by atoms with E-state index in [1.54, 1.807) is 0 Å². The normalized spacial score (nSPS) is 49.5. The van der Waals surface area contributed by atoms with Crippen molar-refractivity contribution >= 4 is 0 Å². The minimum atomic E-state index is -1.05. The molecule has 2 heterocycles. The molecule has 24 heavy (non-hydrogen) atoms. The molecule has 0 amide bonds. The number of aliphatic hydroxyl groups is 2. The predicted molar refractivity (Wildman–Crippen MR) is 93.5 cm³/mol. The van der Waals surface area contributed by atoms with Gasteiger partial charge >= 0.3 is 0 Å². The molecule has 2 aliphatic heterocycles. The summed E-state index contributed by atoms with van der Waals surface area (Å²) in [5.74, 6) is -0.877. The summed E-state index contributed by atoms with van der Waals surface area (Å²) >= 11 is 0. The van der Waals surface area contributed by atoms with Gasteiger partial charge in [0.15, 0.2) is 5.79 Å². The SMILES string of the molecule is C=C1CO[C@]2(C)CC[C@@H]1C[C@]1(O)O[C@@]1(C)CC/C=C(\C)CC[C@@H]2O. The van der Waals surface area contributed by atoms with Crippen LogP contribution < -0.4 is 0 Å². The average Bonchev–Trinajstić information content (AvgIpc) is 3.10. The van der Waals surface area contributed by atoms with E-state index in [2.05, 4.69) is 19.6 Å². The number of rotatable bonds is 0. The third kappa shape index (κ3) is 3.34. The van der Waals surface area contributed by atoms with Gasteiger partial charge in [0.2, 0.25) is 0 Å². The van der Waals surface area contributed by atoms with Gasteiger partial charge < -0.3 is 19.7 Å². The van der Waals surface area contributed by atoms with Crippen molar-refractivity contribution in [3.8, 4) is 0 Å². The maximum Gasteiger partial charge on any atom is 0.196 e. The monoisotopic (exact) mass is 336 g/mol. The highest BCUT2D eigenvalue weighted by Crippen LogP contribution is 2.54. The van der Waals surface area contributed by atoms with E-state index < -0.39 is 23.1 Å². The first kappa shape index (κ1) is 18.1. The highest BCUT2D eigenvalue weighted by atomic mass is 16.7. The van der Waals surface area contributed by atoms with E-state index in [1.807, 2.05) is 13.8 Å². The zero-order chi connectivity index (χ0) is 17.6. The fraction of sp³-hybridized carbons (Fsp3) is 0.800. The molecule has 0 unspecified atom stereocenters. The maximum absolute atomic E-state index is 10.9. The molecule has 136 valence electrons. The number of aliphatic hydroxyl groups excluding tert-OH is 1. The van der Waals surface area contributed by atoms with Crippen molar-refractivity contribution < 1.29 is 19.7 Å². The number of epoxide rings is 1. The molecule has 0 radical (unpaired) electrons. The Balaban J connectivity index is 1.84. The second-order valence-electron chi connectivity index (χ2n) is 8.46. The van der Waals surface area contributed by atoms with Crippen LogP contribution in [0, 0.1) is 5.92 Å². The van der Waals surface area contributed by atoms with E-state index in [1.165, 1.54) is 5.57 Å². The van der Waals surface area contributed by atoms with Gasteiger partial charge in [0, 0.05) is 6.42 Å². The van der Waals surface area contributed by atoms with Crippen LogP contribution in [0.25, 0.3) is 0 Å². The first-order chi connectivity index (χ1) is 11.2. The lowest BCUT2D eigenvalue weighted by Gasteiger charge is -2.33. The molecular weight excluding hydrogens is 304 g/mol. The molecule has 0 spiro atoms. The topological polar surface area (TPSA) is 62.2 Å². The van der Waals surface area contributed by atoms with E-state index in [9.17, 15) is 10.2 Å². The van der Waals surface area contributed by atoms with Gasteiger partial charge in [0.05, 0.1) is 18.3 Å². The number of hydrogen-bond donors (Lipinski definition) is 2. The fourth-order valence-electron chi connectivity index (χ4n) is 4.17. The van der Waals surface area contributed by atoms with E-state index in [-0.39, 0.29) is 5.92 Å². The molecule has 2 bridgehead atoms. The smallest absolute Gasteiger partial charge is 0.196 e. The maximum atomic E-state index is 10.9. The van der Waals surface area contributed by atoms with Crippen LogP contribution in [0.1, 0.15) is 65.7 Å². The van der Waals surface area contributed by atoms with Crippen LogP contribution >= 0.6 is 0 Å². The van der Waals surface area contributed by atoms with Gasteiger partial charge in [-0.05, 0) is 70.8 Å². The molecule has 0 aromatic heterocycles. The lowest BCUT2D eigenvalue weighted by Crippen LogP contribution is -2.41. The van der Waals surface area contributed by atoms with Crippen LogP contribution in [0.4, 0.5) is 0 Å². The summed E-state index contributed by atoms with van der Waals surface area (Å²) in [5.41, 5.74) is 1.28. The highest BCUT2D eigenvalue weighted by molar-refractivity contribution is 5.14. The summed E-state index contributed by atoms with van der Waals surface area (Å²) in [6, 6.07) is 0. The third-order valence-electron chi connectivity index (χ3n) is 6.49. The Hall–Kier alpha value is -0.680. The molecule has 2 N–H and O–H groups in total. The lowest BCUT2D eigenvalue weighted by molar-refractivity contribution is -0.108. The summed E-state index contributed by atoms with van der Waals surface area (Å²) in [7, 11) is 0. The van der Waals surface area contributed by atoms with Gasteiger partial charge in [-0.3, -0.25) is 0 Å². The van der Waals surface area contributed by atoms with Gasteiger partial charge in [0.1, 0.15) is 5.60 Å². The van der Waals surface area contributed by atoms with Crippen LogP contribution in [0.3, 0.4) is 0 Å². The van der Waals surface area contributed by atoms with E-state index in [0.29, 0.717) is 19.4 Å². The Bertz CT molecular complexity index is 542. The number of hydrogen-bond acceptors (Lipinski definition) is 4. The van der Waals surface area contributed by atoms with Gasteiger partial charge in [-0.15, -0.1) is 0 Å². The van der Waals surface area contributed by atoms with Crippen molar-refractivity contribution in [1.82, 2.24) is 0 Å². The minimum Gasteiger partial charge on any atom is -0.390 e. The van der Waals surface area contributed by atoms with Crippen molar-refractivity contribution in [2.24, 2.45) is 5.92 Å². The second kappa shape index (κ2) is 6.24. The second-order valence-corrected chi connectivity index (χ2v) is 8.46. The Labute approximate surface area is 145 Å². The molecular formula is C20H32O4. The Morgan fingerprint density at radius 3 is 2.75 bits per heavy atom. The van der Waals surface area contributed by atoms with E-state index >= 15 is 0 Å². The fourth-order valence-corrected chi connectivity index (χ4v) is 4.17. The van der Waals surface area contributed by atoms with Gasteiger partial charge in [-0.25, -0.2) is 0 Å². The van der Waals surface area contributed by atoms with Gasteiger partial charge in [0.25, 0.3) is 0 Å². The van der Waals surface area contributed by atoms with Crippen LogP contribution in [-0.4, -0.2) is 39.9 Å². The molecule has 1 aliphatic carbocycles. The standard InChI is InChI=1S/C20H32O4/c1-14-6-5-10-19(4)20(22,24-19)12-16-9-11-18(3,17(21)8-7-14)23-13-15(16)2/h6,16-17,21-22H,2,5,7-13H2,1,3-4H3/b14-6+/t16-,17+,18-,19+,20+/m1/s1. The molecule has 2 saturated heterocycles. The lowest BCUT2D eigenvalue weighted by atomic mass is 9.81. The van der Waals surface area contributed by atoms with Crippen LogP contribution in [0.5, 0.6) is 0 Å². The summed E-state index contributed by atoms with van der Waals surface area (Å²) in [6.07, 6.45) is 7.22. The van der Waals surface area contributed by atoms with Crippen molar-refractivity contribution in [2.45, 2.75) is 88.8 Å². The zero-order valence-electron chi connectivity index (χ0n) is 15.3. The minimum absolute atomic E-state index is 0.172. The number of allylic oxidation sites excluding steroid dienone is 2. The predicted octanol–water partition coefficient (Wildman–Crippen LogP) is 3.48. The molecule has 0 aromatic carbocycles. The number of ether oxygens (including phenoxy) is 2. The molecule has 0 aromatic rings. The third-order valence-corrected chi connectivity index (χ3v) is 6.49. The molecule has 2 fully saturated rings. The number of fused-ring (bicyclic) bond motifs is 4. The highest BCUT2D eigenvalue weighted by Gasteiger charge is 2.66. The van der Waals surface area contributed by atoms with Gasteiger partial charge in [-0.1, -0.05) is 18.2 Å². The average molecular weight is 336 g/mol. The largest absolute Gasteiger partial charge is 0.390 e. The van der Waals surface area contributed by atoms with Gasteiger partial charge in [-0.2, -0.15) is 0 Å². The molecule has 3 rings (SSSR count). The Kier molecular flexibility index (Phi) is 4.71. The molecule has 4 nitrogen and oxygen atoms in total. The summed E-state index contributed by atoms with van der Waals surface area (Å²) in [5, 5.41) is 21.5. The van der Waals surface area contributed by atoms with Crippen molar-refractivity contribution in [2.75, 3.05) is 6.61 Å². The van der Waals surface area contributed by atoms with Crippen LogP contribution in [0.2, 0.25) is 0 Å². The zero-order valence-corrected chi connectivity index (χ0v) is 15.3. The van der Waals surface area contributed by atoms with Crippen molar-refractivity contribution in [3.05, 3.63) is 23.8 Å². The van der Waals surface area contributed by atoms with Crippen molar-refractivity contribution in [1.29, 1.82) is 0 Å². The van der Waals surface area contributed by atoms with Crippen LogP contribution in [0.15, 0.2) is 23.8 Å². The molecule has 3 aliphatic rings.